The SMILES string of the molecule is CCCn1nncc1C(C)(F)CC1COCCN1. The fourth-order valence-electron chi connectivity index (χ4n) is 2.36. The highest BCUT2D eigenvalue weighted by molar-refractivity contribution is 5.08. The average molecular weight is 256 g/mol. The molecule has 102 valence electrons. The summed E-state index contributed by atoms with van der Waals surface area (Å²) in [6.45, 7) is 6.38. The molecule has 0 spiro atoms. The summed E-state index contributed by atoms with van der Waals surface area (Å²) in [6.07, 6.45) is 2.82. The fraction of sp³-hybridized carbons (Fsp3) is 0.833. The van der Waals surface area contributed by atoms with E-state index in [0.29, 0.717) is 31.9 Å². The predicted octanol–water partition coefficient (Wildman–Crippen LogP) is 1.25. The maximum absolute atomic E-state index is 14.8. The average Bonchev–Trinajstić information content (AvgIpc) is 2.79. The van der Waals surface area contributed by atoms with Crippen LogP contribution >= 0.6 is 0 Å². The van der Waals surface area contributed by atoms with Gasteiger partial charge in [-0.05, 0) is 13.3 Å². The summed E-state index contributed by atoms with van der Waals surface area (Å²) in [7, 11) is 0. The number of aromatic nitrogens is 3. The molecule has 0 amide bonds. The summed E-state index contributed by atoms with van der Waals surface area (Å²) in [5, 5.41) is 11.0. The lowest BCUT2D eigenvalue weighted by molar-refractivity contribution is 0.0449. The van der Waals surface area contributed by atoms with E-state index in [0.717, 1.165) is 13.0 Å². The third-order valence-electron chi connectivity index (χ3n) is 3.22. The highest BCUT2D eigenvalue weighted by Gasteiger charge is 2.34. The van der Waals surface area contributed by atoms with E-state index in [4.69, 9.17) is 4.74 Å². The van der Waals surface area contributed by atoms with Gasteiger partial charge in [-0.25, -0.2) is 9.07 Å². The smallest absolute Gasteiger partial charge is 0.152 e. The molecule has 0 saturated carbocycles. The monoisotopic (exact) mass is 256 g/mol. The molecule has 1 aliphatic rings. The van der Waals surface area contributed by atoms with Crippen LogP contribution in [0.15, 0.2) is 6.20 Å². The minimum atomic E-state index is -1.43. The molecule has 1 aromatic rings. The molecule has 1 fully saturated rings. The van der Waals surface area contributed by atoms with Crippen molar-refractivity contribution in [3.05, 3.63) is 11.9 Å². The Morgan fingerprint density at radius 1 is 1.67 bits per heavy atom. The molecular formula is C12H21FN4O. The minimum absolute atomic E-state index is 0.0544. The van der Waals surface area contributed by atoms with Crippen LogP contribution in [0.3, 0.4) is 0 Å². The molecule has 0 aromatic carbocycles. The highest BCUT2D eigenvalue weighted by Crippen LogP contribution is 2.30. The van der Waals surface area contributed by atoms with Crippen LogP contribution in [0.5, 0.6) is 0 Å². The van der Waals surface area contributed by atoms with Crippen molar-refractivity contribution in [1.29, 1.82) is 0 Å². The molecule has 1 saturated heterocycles. The van der Waals surface area contributed by atoms with Crippen LogP contribution < -0.4 is 5.32 Å². The zero-order chi connectivity index (χ0) is 13.0. The van der Waals surface area contributed by atoms with Crippen LogP contribution in [-0.4, -0.2) is 40.8 Å². The zero-order valence-corrected chi connectivity index (χ0v) is 11.0. The Hall–Kier alpha value is -1.01. The molecule has 5 nitrogen and oxygen atoms in total. The normalized spacial score (nSPS) is 23.8. The van der Waals surface area contributed by atoms with Crippen molar-refractivity contribution in [3.63, 3.8) is 0 Å². The highest BCUT2D eigenvalue weighted by atomic mass is 19.1. The summed E-state index contributed by atoms with van der Waals surface area (Å²) < 4.78 is 21.8. The van der Waals surface area contributed by atoms with Gasteiger partial charge >= 0.3 is 0 Å². The molecule has 1 aromatic heterocycles. The van der Waals surface area contributed by atoms with Gasteiger partial charge in [-0.15, -0.1) is 5.10 Å². The summed E-state index contributed by atoms with van der Waals surface area (Å²) >= 11 is 0. The van der Waals surface area contributed by atoms with Gasteiger partial charge in [0, 0.05) is 25.6 Å². The number of halogens is 1. The zero-order valence-electron chi connectivity index (χ0n) is 11.0. The second-order valence-electron chi connectivity index (χ2n) is 4.97. The largest absolute Gasteiger partial charge is 0.379 e. The van der Waals surface area contributed by atoms with Crippen LogP contribution in [-0.2, 0) is 17.0 Å². The van der Waals surface area contributed by atoms with E-state index in [9.17, 15) is 4.39 Å². The van der Waals surface area contributed by atoms with Crippen molar-refractivity contribution in [2.45, 2.75) is 44.9 Å². The quantitative estimate of drug-likeness (QED) is 0.861. The van der Waals surface area contributed by atoms with Crippen molar-refractivity contribution in [3.8, 4) is 0 Å². The van der Waals surface area contributed by atoms with E-state index >= 15 is 0 Å². The van der Waals surface area contributed by atoms with E-state index < -0.39 is 5.67 Å². The van der Waals surface area contributed by atoms with Crippen LogP contribution in [0.2, 0.25) is 0 Å². The lowest BCUT2D eigenvalue weighted by Gasteiger charge is -2.29. The molecule has 0 radical (unpaired) electrons. The van der Waals surface area contributed by atoms with Crippen molar-refractivity contribution < 1.29 is 9.13 Å². The number of hydrogen-bond acceptors (Lipinski definition) is 4. The predicted molar refractivity (Wildman–Crippen MR) is 66.0 cm³/mol. The Labute approximate surface area is 107 Å². The Bertz CT molecular complexity index is 374. The maximum atomic E-state index is 14.8. The molecule has 2 rings (SSSR count). The molecule has 2 unspecified atom stereocenters. The number of nitrogens with one attached hydrogen (secondary N) is 1. The Morgan fingerprint density at radius 2 is 2.50 bits per heavy atom. The first-order valence-corrected chi connectivity index (χ1v) is 6.52. The lowest BCUT2D eigenvalue weighted by Crippen LogP contribution is -2.44. The molecule has 6 heteroatoms. The Morgan fingerprint density at radius 3 is 3.17 bits per heavy atom. The molecule has 0 bridgehead atoms. The first-order chi connectivity index (χ1) is 8.63. The van der Waals surface area contributed by atoms with Gasteiger partial charge in [-0.2, -0.15) is 0 Å². The summed E-state index contributed by atoms with van der Waals surface area (Å²) in [4.78, 5) is 0. The standard InChI is InChI=1S/C12H21FN4O/c1-3-5-17-11(8-15-16-17)12(2,13)7-10-9-18-6-4-14-10/h8,10,14H,3-7,9H2,1-2H3. The number of aryl methyl sites for hydroxylation is 1. The number of alkyl halides is 1. The molecule has 2 atom stereocenters. The van der Waals surface area contributed by atoms with Gasteiger partial charge in [0.25, 0.3) is 0 Å². The molecule has 1 aliphatic heterocycles. The van der Waals surface area contributed by atoms with Crippen molar-refractivity contribution in [2.24, 2.45) is 0 Å². The van der Waals surface area contributed by atoms with Gasteiger partial charge in [-0.1, -0.05) is 12.1 Å². The van der Waals surface area contributed by atoms with E-state index in [1.807, 2.05) is 6.92 Å². The van der Waals surface area contributed by atoms with Crippen LogP contribution in [0.25, 0.3) is 0 Å². The number of hydrogen-bond donors (Lipinski definition) is 1. The summed E-state index contributed by atoms with van der Waals surface area (Å²) in [5.74, 6) is 0. The molecule has 2 heterocycles. The van der Waals surface area contributed by atoms with E-state index in [2.05, 4.69) is 15.6 Å². The third kappa shape index (κ3) is 3.05. The maximum Gasteiger partial charge on any atom is 0.152 e. The summed E-state index contributed by atoms with van der Waals surface area (Å²) in [5.41, 5.74) is -0.881. The molecular weight excluding hydrogens is 235 g/mol. The van der Waals surface area contributed by atoms with Crippen LogP contribution in [0.4, 0.5) is 4.39 Å². The van der Waals surface area contributed by atoms with Gasteiger partial charge in [0.15, 0.2) is 5.67 Å². The Kier molecular flexibility index (Phi) is 4.29. The molecule has 18 heavy (non-hydrogen) atoms. The van der Waals surface area contributed by atoms with Crippen molar-refractivity contribution in [1.82, 2.24) is 20.3 Å². The number of ether oxygens (including phenoxy) is 1. The summed E-state index contributed by atoms with van der Waals surface area (Å²) in [6, 6.07) is 0.0544. The van der Waals surface area contributed by atoms with Crippen LogP contribution in [0, 0.1) is 0 Å². The first-order valence-electron chi connectivity index (χ1n) is 6.52. The van der Waals surface area contributed by atoms with Gasteiger partial charge < -0.3 is 10.1 Å². The number of morpholine rings is 1. The van der Waals surface area contributed by atoms with E-state index in [1.54, 1.807) is 11.6 Å². The van der Waals surface area contributed by atoms with Gasteiger partial charge in [0.05, 0.1) is 25.1 Å². The second-order valence-corrected chi connectivity index (χ2v) is 4.97. The lowest BCUT2D eigenvalue weighted by atomic mass is 9.95. The number of rotatable bonds is 5. The molecule has 1 N–H and O–H groups in total. The van der Waals surface area contributed by atoms with Gasteiger partial charge in [0.2, 0.25) is 0 Å². The number of nitrogens with zero attached hydrogens (tertiary/aromatic N) is 3. The molecule has 0 aliphatic carbocycles. The van der Waals surface area contributed by atoms with E-state index in [-0.39, 0.29) is 6.04 Å². The minimum Gasteiger partial charge on any atom is -0.379 e. The van der Waals surface area contributed by atoms with Crippen molar-refractivity contribution >= 4 is 0 Å². The van der Waals surface area contributed by atoms with Gasteiger partial charge in [0.1, 0.15) is 0 Å². The topological polar surface area (TPSA) is 52.0 Å². The first kappa shape index (κ1) is 13.4. The van der Waals surface area contributed by atoms with Crippen molar-refractivity contribution in [2.75, 3.05) is 19.8 Å². The van der Waals surface area contributed by atoms with Crippen LogP contribution in [0.1, 0.15) is 32.4 Å². The second kappa shape index (κ2) is 5.75. The van der Waals surface area contributed by atoms with Gasteiger partial charge in [-0.3, -0.25) is 0 Å². The Balaban J connectivity index is 2.06. The third-order valence-corrected chi connectivity index (χ3v) is 3.22. The fourth-order valence-corrected chi connectivity index (χ4v) is 2.36. The van der Waals surface area contributed by atoms with E-state index in [1.165, 1.54) is 6.20 Å².